The average molecular weight is 317 g/mol. The molecule has 0 aliphatic rings. The Morgan fingerprint density at radius 3 is 2.27 bits per heavy atom. The molecular formula is C17H17ClN2O2. The highest BCUT2D eigenvalue weighted by Gasteiger charge is 2.07. The summed E-state index contributed by atoms with van der Waals surface area (Å²) in [5.41, 5.74) is 1.80. The Hall–Kier alpha value is -2.33. The number of rotatable bonds is 5. The molecule has 0 bridgehead atoms. The first kappa shape index (κ1) is 16.0. The van der Waals surface area contributed by atoms with Gasteiger partial charge in [-0.15, -0.1) is 0 Å². The van der Waals surface area contributed by atoms with E-state index in [4.69, 9.17) is 11.6 Å². The molecule has 0 aliphatic carbocycles. The first-order valence-corrected chi connectivity index (χ1v) is 7.43. The maximum atomic E-state index is 12.1. The summed E-state index contributed by atoms with van der Waals surface area (Å²) in [7, 11) is 0. The summed E-state index contributed by atoms with van der Waals surface area (Å²) in [6, 6.07) is 13.7. The van der Waals surface area contributed by atoms with Gasteiger partial charge < -0.3 is 10.6 Å². The number of hydrogen-bond acceptors (Lipinski definition) is 2. The molecule has 2 aromatic carbocycles. The molecule has 0 saturated heterocycles. The van der Waals surface area contributed by atoms with E-state index in [1.165, 1.54) is 0 Å². The van der Waals surface area contributed by atoms with Crippen molar-refractivity contribution in [2.45, 2.75) is 19.8 Å². The minimum atomic E-state index is -0.228. The lowest BCUT2D eigenvalue weighted by molar-refractivity contribution is -0.116. The van der Waals surface area contributed by atoms with Crippen molar-refractivity contribution in [1.82, 2.24) is 0 Å². The van der Waals surface area contributed by atoms with Crippen molar-refractivity contribution in [2.75, 3.05) is 10.6 Å². The van der Waals surface area contributed by atoms with Crippen molar-refractivity contribution >= 4 is 34.8 Å². The first-order valence-electron chi connectivity index (χ1n) is 7.05. The topological polar surface area (TPSA) is 58.2 Å². The molecule has 22 heavy (non-hydrogen) atoms. The van der Waals surface area contributed by atoms with Crippen LogP contribution in [0, 0.1) is 0 Å². The summed E-state index contributed by atoms with van der Waals surface area (Å²) in [6.07, 6.45) is 1.26. The fraction of sp³-hybridized carbons (Fsp3) is 0.176. The number of anilines is 2. The van der Waals surface area contributed by atoms with E-state index in [2.05, 4.69) is 10.6 Å². The van der Waals surface area contributed by atoms with E-state index in [0.717, 1.165) is 6.42 Å². The van der Waals surface area contributed by atoms with E-state index in [-0.39, 0.29) is 11.8 Å². The van der Waals surface area contributed by atoms with Gasteiger partial charge in [-0.05, 0) is 48.9 Å². The predicted molar refractivity (Wildman–Crippen MR) is 89.4 cm³/mol. The molecule has 0 spiro atoms. The number of benzene rings is 2. The van der Waals surface area contributed by atoms with Crippen molar-refractivity contribution in [3.63, 3.8) is 0 Å². The molecule has 4 nitrogen and oxygen atoms in total. The predicted octanol–water partition coefficient (Wildman–Crippen LogP) is 4.33. The summed E-state index contributed by atoms with van der Waals surface area (Å²) in [5, 5.41) is 6.17. The molecule has 0 radical (unpaired) electrons. The SMILES string of the molecule is CCCC(=O)Nc1cccc(NC(=O)c2ccc(Cl)cc2)c1. The molecule has 2 N–H and O–H groups in total. The second kappa shape index (κ2) is 7.61. The minimum absolute atomic E-state index is 0.0383. The largest absolute Gasteiger partial charge is 0.326 e. The lowest BCUT2D eigenvalue weighted by atomic mass is 10.2. The fourth-order valence-corrected chi connectivity index (χ4v) is 2.06. The maximum absolute atomic E-state index is 12.1. The zero-order chi connectivity index (χ0) is 15.9. The van der Waals surface area contributed by atoms with Crippen LogP contribution in [0.15, 0.2) is 48.5 Å². The summed E-state index contributed by atoms with van der Waals surface area (Å²) in [5.74, 6) is -0.266. The van der Waals surface area contributed by atoms with Gasteiger partial charge in [-0.1, -0.05) is 24.6 Å². The maximum Gasteiger partial charge on any atom is 0.255 e. The van der Waals surface area contributed by atoms with E-state index >= 15 is 0 Å². The van der Waals surface area contributed by atoms with Gasteiger partial charge in [0.05, 0.1) is 0 Å². The third-order valence-electron chi connectivity index (χ3n) is 2.99. The number of halogens is 1. The van der Waals surface area contributed by atoms with Crippen LogP contribution >= 0.6 is 11.6 Å². The highest BCUT2D eigenvalue weighted by molar-refractivity contribution is 6.30. The number of hydrogen-bond donors (Lipinski definition) is 2. The van der Waals surface area contributed by atoms with Crippen LogP contribution in [0.1, 0.15) is 30.1 Å². The molecule has 0 heterocycles. The molecule has 0 unspecified atom stereocenters. The number of amides is 2. The highest BCUT2D eigenvalue weighted by Crippen LogP contribution is 2.17. The van der Waals surface area contributed by atoms with Crippen LogP contribution in [0.4, 0.5) is 11.4 Å². The lowest BCUT2D eigenvalue weighted by Gasteiger charge is -2.09. The summed E-state index contributed by atoms with van der Waals surface area (Å²) < 4.78 is 0. The summed E-state index contributed by atoms with van der Waals surface area (Å²) in [6.45, 7) is 1.95. The second-order valence-electron chi connectivity index (χ2n) is 4.84. The van der Waals surface area contributed by atoms with E-state index in [1.807, 2.05) is 6.92 Å². The summed E-state index contributed by atoms with van der Waals surface area (Å²) in [4.78, 5) is 23.7. The van der Waals surface area contributed by atoms with Gasteiger partial charge in [-0.3, -0.25) is 9.59 Å². The molecule has 2 aromatic rings. The quantitative estimate of drug-likeness (QED) is 0.862. The van der Waals surface area contributed by atoms with Crippen LogP contribution in [-0.2, 0) is 4.79 Å². The zero-order valence-corrected chi connectivity index (χ0v) is 13.0. The zero-order valence-electron chi connectivity index (χ0n) is 12.2. The standard InChI is InChI=1S/C17H17ClN2O2/c1-2-4-16(21)19-14-5-3-6-15(11-14)20-17(22)12-7-9-13(18)10-8-12/h3,5-11H,2,4H2,1H3,(H,19,21)(H,20,22). The van der Waals surface area contributed by atoms with Crippen molar-refractivity contribution in [2.24, 2.45) is 0 Å². The molecule has 0 saturated carbocycles. The third kappa shape index (κ3) is 4.60. The molecule has 0 aromatic heterocycles. The minimum Gasteiger partial charge on any atom is -0.326 e. The van der Waals surface area contributed by atoms with E-state index in [1.54, 1.807) is 48.5 Å². The Morgan fingerprint density at radius 1 is 1.00 bits per heavy atom. The van der Waals surface area contributed by atoms with Gasteiger partial charge in [-0.2, -0.15) is 0 Å². The van der Waals surface area contributed by atoms with Gasteiger partial charge in [0.25, 0.3) is 5.91 Å². The smallest absolute Gasteiger partial charge is 0.255 e. The normalized spacial score (nSPS) is 10.1. The van der Waals surface area contributed by atoms with E-state index < -0.39 is 0 Å². The highest BCUT2D eigenvalue weighted by atomic mass is 35.5. The molecule has 0 aliphatic heterocycles. The second-order valence-corrected chi connectivity index (χ2v) is 5.28. The van der Waals surface area contributed by atoms with E-state index in [0.29, 0.717) is 28.4 Å². The Labute approximate surface area is 134 Å². The Bertz CT molecular complexity index is 669. The van der Waals surface area contributed by atoms with Gasteiger partial charge in [0, 0.05) is 28.4 Å². The Kier molecular flexibility index (Phi) is 5.55. The van der Waals surface area contributed by atoms with Crippen LogP contribution in [0.2, 0.25) is 5.02 Å². The van der Waals surface area contributed by atoms with Crippen molar-refractivity contribution < 1.29 is 9.59 Å². The Balaban J connectivity index is 2.05. The van der Waals surface area contributed by atoms with Crippen LogP contribution in [0.25, 0.3) is 0 Å². The van der Waals surface area contributed by atoms with Gasteiger partial charge in [0.1, 0.15) is 0 Å². The van der Waals surface area contributed by atoms with Crippen LogP contribution in [0.5, 0.6) is 0 Å². The van der Waals surface area contributed by atoms with Gasteiger partial charge in [-0.25, -0.2) is 0 Å². The van der Waals surface area contributed by atoms with Crippen molar-refractivity contribution in [3.8, 4) is 0 Å². The fourth-order valence-electron chi connectivity index (χ4n) is 1.93. The third-order valence-corrected chi connectivity index (χ3v) is 3.24. The monoisotopic (exact) mass is 316 g/mol. The molecule has 0 fully saturated rings. The first-order chi connectivity index (χ1) is 10.6. The summed E-state index contributed by atoms with van der Waals surface area (Å²) >= 11 is 5.80. The van der Waals surface area contributed by atoms with Crippen LogP contribution in [-0.4, -0.2) is 11.8 Å². The Morgan fingerprint density at radius 2 is 1.64 bits per heavy atom. The van der Waals surface area contributed by atoms with Crippen molar-refractivity contribution in [3.05, 3.63) is 59.1 Å². The van der Waals surface area contributed by atoms with Crippen LogP contribution < -0.4 is 10.6 Å². The molecule has 2 rings (SSSR count). The molecule has 0 atom stereocenters. The molecular weight excluding hydrogens is 300 g/mol. The molecule has 5 heteroatoms. The number of nitrogens with one attached hydrogen (secondary N) is 2. The van der Waals surface area contributed by atoms with Gasteiger partial charge in [0.2, 0.25) is 5.91 Å². The molecule has 2 amide bonds. The van der Waals surface area contributed by atoms with Gasteiger partial charge >= 0.3 is 0 Å². The van der Waals surface area contributed by atoms with Crippen LogP contribution in [0.3, 0.4) is 0 Å². The van der Waals surface area contributed by atoms with E-state index in [9.17, 15) is 9.59 Å². The van der Waals surface area contributed by atoms with Crippen molar-refractivity contribution in [1.29, 1.82) is 0 Å². The van der Waals surface area contributed by atoms with Gasteiger partial charge in [0.15, 0.2) is 0 Å². The average Bonchev–Trinajstić information content (AvgIpc) is 2.48. The molecule has 114 valence electrons. The number of carbonyl (C=O) groups is 2. The lowest BCUT2D eigenvalue weighted by Crippen LogP contribution is -2.13. The number of carbonyl (C=O) groups excluding carboxylic acids is 2.